The predicted octanol–water partition coefficient (Wildman–Crippen LogP) is 8.50. The van der Waals surface area contributed by atoms with Gasteiger partial charge in [0.05, 0.1) is 24.9 Å². The molecule has 2 unspecified atom stereocenters. The second kappa shape index (κ2) is 15.9. The molecule has 0 saturated carbocycles. The zero-order valence-corrected chi connectivity index (χ0v) is 28.2. The van der Waals surface area contributed by atoms with Crippen LogP contribution in [0, 0.1) is 11.3 Å². The Bertz CT molecular complexity index is 1890. The van der Waals surface area contributed by atoms with Gasteiger partial charge in [0.2, 0.25) is 0 Å². The van der Waals surface area contributed by atoms with Crippen LogP contribution in [0.1, 0.15) is 35.1 Å². The molecular formula is C38H36Cl2N6O2. The summed E-state index contributed by atoms with van der Waals surface area (Å²) in [5.41, 5.74) is 12.6. The maximum Gasteiger partial charge on any atom is 0.131 e. The van der Waals surface area contributed by atoms with Crippen LogP contribution >= 0.6 is 23.2 Å². The van der Waals surface area contributed by atoms with Crippen LogP contribution in [0.2, 0.25) is 10.0 Å². The normalized spacial score (nSPS) is 13.4. The van der Waals surface area contributed by atoms with Crippen molar-refractivity contribution in [1.82, 2.24) is 20.4 Å². The molecule has 0 amide bonds. The molecule has 2 atom stereocenters. The van der Waals surface area contributed by atoms with E-state index in [2.05, 4.69) is 50.7 Å². The molecule has 0 radical (unpaired) electrons. The fourth-order valence-corrected chi connectivity index (χ4v) is 6.16. The van der Waals surface area contributed by atoms with E-state index in [0.717, 1.165) is 44.5 Å². The quantitative estimate of drug-likeness (QED) is 0.126. The fourth-order valence-electron chi connectivity index (χ4n) is 5.91. The molecule has 244 valence electrons. The summed E-state index contributed by atoms with van der Waals surface area (Å²) in [5.74, 6) is 0. The Hall–Kier alpha value is -4.75. The highest BCUT2D eigenvalue weighted by atomic mass is 35.5. The van der Waals surface area contributed by atoms with Gasteiger partial charge >= 0.3 is 0 Å². The van der Waals surface area contributed by atoms with Gasteiger partial charge in [-0.1, -0.05) is 96.0 Å². The molecule has 0 aliphatic heterocycles. The number of aromatic amines is 2. The number of nitriles is 1. The number of nitrogens with two attached hydrogens (primary N) is 1. The molecule has 10 heteroatoms. The van der Waals surface area contributed by atoms with Gasteiger partial charge in [-0.2, -0.15) is 15.5 Å². The third-order valence-corrected chi connectivity index (χ3v) is 9.01. The van der Waals surface area contributed by atoms with Gasteiger partial charge in [-0.15, -0.1) is 0 Å². The summed E-state index contributed by atoms with van der Waals surface area (Å²) in [5, 5.41) is 24.3. The van der Waals surface area contributed by atoms with Crippen LogP contribution in [0.3, 0.4) is 0 Å². The summed E-state index contributed by atoms with van der Waals surface area (Å²) in [6.45, 7) is 0.514. The third-order valence-electron chi connectivity index (χ3n) is 8.51. The Morgan fingerprint density at radius 3 is 1.31 bits per heavy atom. The van der Waals surface area contributed by atoms with Gasteiger partial charge in [0.25, 0.3) is 0 Å². The zero-order chi connectivity index (χ0) is 34.0. The summed E-state index contributed by atoms with van der Waals surface area (Å²) in [6, 6.07) is 33.7. The lowest BCUT2D eigenvalue weighted by Gasteiger charge is -2.33. The fraction of sp³-hybridized carbons (Fsp3) is 0.184. The maximum absolute atomic E-state index is 9.35. The number of nitrogens with zero attached hydrogens (tertiary/aromatic N) is 3. The van der Waals surface area contributed by atoms with Gasteiger partial charge in [0, 0.05) is 47.8 Å². The minimum Gasteiger partial charge on any atom is -0.369 e. The van der Waals surface area contributed by atoms with Crippen LogP contribution in [0.5, 0.6) is 0 Å². The van der Waals surface area contributed by atoms with Crippen molar-refractivity contribution in [1.29, 1.82) is 5.26 Å². The number of rotatable bonds is 11. The van der Waals surface area contributed by atoms with Gasteiger partial charge in [0.15, 0.2) is 0 Å². The smallest absolute Gasteiger partial charge is 0.131 e. The Labute approximate surface area is 290 Å². The summed E-state index contributed by atoms with van der Waals surface area (Å²) in [4.78, 5) is 0. The summed E-state index contributed by atoms with van der Waals surface area (Å²) >= 11 is 12.0. The molecule has 48 heavy (non-hydrogen) atoms. The first-order valence-electron chi connectivity index (χ1n) is 15.3. The van der Waals surface area contributed by atoms with Crippen LogP contribution < -0.4 is 5.73 Å². The van der Waals surface area contributed by atoms with Crippen molar-refractivity contribution >= 4 is 23.2 Å². The predicted molar refractivity (Wildman–Crippen MR) is 190 cm³/mol. The molecule has 0 saturated heterocycles. The second-order valence-corrected chi connectivity index (χ2v) is 12.0. The van der Waals surface area contributed by atoms with E-state index in [4.69, 9.17) is 38.4 Å². The number of aromatic nitrogens is 4. The molecule has 4 N–H and O–H groups in total. The van der Waals surface area contributed by atoms with Crippen LogP contribution in [-0.2, 0) is 20.7 Å². The SMILES string of the molecule is COC(CC#N)(c1ccc(Cl)cc1)c1ccc(-c2cn[nH]c2)cc1.COC(CCN)(c1ccc(Cl)cc1)c1ccc(-c2cn[nH]c2)cc1. The molecule has 2 aromatic heterocycles. The molecule has 0 aliphatic carbocycles. The molecule has 0 aliphatic rings. The molecule has 8 nitrogen and oxygen atoms in total. The average molecular weight is 680 g/mol. The number of benzene rings is 4. The van der Waals surface area contributed by atoms with Gasteiger partial charge in [-0.05, 0) is 70.6 Å². The zero-order valence-electron chi connectivity index (χ0n) is 26.7. The van der Waals surface area contributed by atoms with Crippen molar-refractivity contribution in [2.45, 2.75) is 24.0 Å². The van der Waals surface area contributed by atoms with Crippen molar-refractivity contribution in [2.75, 3.05) is 20.8 Å². The standard InChI is InChI=1S/C19H20ClN3O.C19H16ClN3O/c2*1-24-19(10-11-21,17-6-8-18(20)9-7-17)16-4-2-14(3-5-16)15-12-22-23-13-15/h2-9,12-13H,10-11,21H2,1H3,(H,22,23);2-9,12-13H,10H2,1H3,(H,22,23). The Kier molecular flexibility index (Phi) is 11.5. The number of halogens is 2. The van der Waals surface area contributed by atoms with Crippen LogP contribution in [-0.4, -0.2) is 41.2 Å². The Balaban J connectivity index is 0.000000188. The molecule has 6 rings (SSSR count). The van der Waals surface area contributed by atoms with E-state index >= 15 is 0 Å². The summed E-state index contributed by atoms with van der Waals surface area (Å²) < 4.78 is 11.8. The minimum absolute atomic E-state index is 0.205. The highest BCUT2D eigenvalue weighted by Crippen LogP contribution is 2.39. The molecule has 2 heterocycles. The van der Waals surface area contributed by atoms with E-state index in [1.54, 1.807) is 26.6 Å². The van der Waals surface area contributed by atoms with E-state index in [1.807, 2.05) is 85.2 Å². The molecule has 0 bridgehead atoms. The minimum atomic E-state index is -0.825. The van der Waals surface area contributed by atoms with Gasteiger partial charge in [-0.3, -0.25) is 10.2 Å². The highest BCUT2D eigenvalue weighted by Gasteiger charge is 2.35. The largest absolute Gasteiger partial charge is 0.369 e. The first-order chi connectivity index (χ1) is 23.4. The molecule has 6 aromatic rings. The van der Waals surface area contributed by atoms with Gasteiger partial charge in [-0.25, -0.2) is 0 Å². The lowest BCUT2D eigenvalue weighted by Crippen LogP contribution is -2.32. The number of hydrogen-bond acceptors (Lipinski definition) is 6. The van der Waals surface area contributed by atoms with E-state index in [-0.39, 0.29) is 6.42 Å². The maximum atomic E-state index is 9.35. The average Bonchev–Trinajstić information content (AvgIpc) is 3.87. The number of ether oxygens (including phenoxy) is 2. The highest BCUT2D eigenvalue weighted by molar-refractivity contribution is 6.30. The van der Waals surface area contributed by atoms with E-state index in [0.29, 0.717) is 23.0 Å². The summed E-state index contributed by atoms with van der Waals surface area (Å²) in [6.07, 6.45) is 8.17. The van der Waals surface area contributed by atoms with Crippen molar-refractivity contribution < 1.29 is 9.47 Å². The van der Waals surface area contributed by atoms with Crippen molar-refractivity contribution in [3.05, 3.63) is 154 Å². The number of hydrogen-bond donors (Lipinski definition) is 3. The van der Waals surface area contributed by atoms with E-state index in [9.17, 15) is 5.26 Å². The van der Waals surface area contributed by atoms with Crippen LogP contribution in [0.25, 0.3) is 22.3 Å². The van der Waals surface area contributed by atoms with Crippen molar-refractivity contribution in [2.24, 2.45) is 5.73 Å². The number of nitrogens with one attached hydrogen (secondary N) is 2. The van der Waals surface area contributed by atoms with Crippen molar-refractivity contribution in [3.8, 4) is 28.3 Å². The van der Waals surface area contributed by atoms with Gasteiger partial charge in [0.1, 0.15) is 11.2 Å². The Morgan fingerprint density at radius 2 is 1.00 bits per heavy atom. The van der Waals surface area contributed by atoms with E-state index in [1.165, 1.54) is 0 Å². The second-order valence-electron chi connectivity index (χ2n) is 11.1. The van der Waals surface area contributed by atoms with Crippen LogP contribution in [0.15, 0.2) is 122 Å². The lowest BCUT2D eigenvalue weighted by atomic mass is 9.82. The topological polar surface area (TPSA) is 126 Å². The molecule has 0 fully saturated rings. The van der Waals surface area contributed by atoms with Gasteiger partial charge < -0.3 is 15.2 Å². The summed E-state index contributed by atoms with van der Waals surface area (Å²) in [7, 11) is 3.34. The van der Waals surface area contributed by atoms with E-state index < -0.39 is 11.2 Å². The van der Waals surface area contributed by atoms with Crippen LogP contribution in [0.4, 0.5) is 0 Å². The monoisotopic (exact) mass is 678 g/mol. The molecule has 0 spiro atoms. The van der Waals surface area contributed by atoms with Crippen molar-refractivity contribution in [3.63, 3.8) is 0 Å². The first-order valence-corrected chi connectivity index (χ1v) is 16.0. The first kappa shape index (κ1) is 34.6. The number of methoxy groups -OCH3 is 2. The lowest BCUT2D eigenvalue weighted by molar-refractivity contribution is 0.0166. The molecule has 4 aromatic carbocycles. The third kappa shape index (κ3) is 7.37. The number of H-pyrrole nitrogens is 2. The molecular weight excluding hydrogens is 643 g/mol. The Morgan fingerprint density at radius 1 is 0.625 bits per heavy atom.